The molecule has 0 unspecified atom stereocenters. The van der Waals surface area contributed by atoms with Crippen LogP contribution in [-0.2, 0) is 16.0 Å². The summed E-state index contributed by atoms with van der Waals surface area (Å²) in [6, 6.07) is 5.55. The van der Waals surface area contributed by atoms with Crippen molar-refractivity contribution in [3.63, 3.8) is 0 Å². The number of aliphatic hydroxyl groups excluding tert-OH is 1. The topological polar surface area (TPSA) is 55.8 Å². The fourth-order valence-electron chi connectivity index (χ4n) is 1.47. The Bertz CT molecular complexity index is 374. The summed E-state index contributed by atoms with van der Waals surface area (Å²) in [5, 5.41) is 8.91. The smallest absolute Gasteiger partial charge is 0.344 e. The maximum absolute atomic E-state index is 11.1. The molecule has 0 bridgehead atoms. The molecule has 1 rings (SSSR count). The van der Waals surface area contributed by atoms with E-state index in [1.54, 1.807) is 13.0 Å². The molecule has 4 heteroatoms. The average molecular weight is 238 g/mol. The van der Waals surface area contributed by atoms with Gasteiger partial charge in [0.1, 0.15) is 5.75 Å². The van der Waals surface area contributed by atoms with E-state index in [0.29, 0.717) is 18.8 Å². The van der Waals surface area contributed by atoms with Crippen LogP contribution in [0.5, 0.6) is 5.75 Å². The van der Waals surface area contributed by atoms with Crippen molar-refractivity contribution in [2.75, 3.05) is 19.8 Å². The Kier molecular flexibility index (Phi) is 5.49. The Morgan fingerprint density at radius 1 is 1.41 bits per heavy atom. The predicted octanol–water partition coefficient (Wildman–Crippen LogP) is 1.47. The fourth-order valence-corrected chi connectivity index (χ4v) is 1.47. The van der Waals surface area contributed by atoms with Gasteiger partial charge in [-0.25, -0.2) is 4.79 Å². The standard InChI is InChI=1S/C13H18O4/c1-3-16-13(15)9-17-12-5-4-10(2)11(8-12)6-7-14/h4-5,8,14H,3,6-7,9H2,1-2H3. The molecule has 1 aromatic carbocycles. The van der Waals surface area contributed by atoms with Crippen LogP contribution in [0.15, 0.2) is 18.2 Å². The van der Waals surface area contributed by atoms with Crippen LogP contribution < -0.4 is 4.74 Å². The SMILES string of the molecule is CCOC(=O)COc1ccc(C)c(CCO)c1. The minimum Gasteiger partial charge on any atom is -0.482 e. The van der Waals surface area contributed by atoms with Crippen molar-refractivity contribution in [1.29, 1.82) is 0 Å². The number of aryl methyl sites for hydroxylation is 1. The van der Waals surface area contributed by atoms with Gasteiger partial charge in [-0.05, 0) is 43.5 Å². The second kappa shape index (κ2) is 6.91. The van der Waals surface area contributed by atoms with E-state index in [0.717, 1.165) is 11.1 Å². The zero-order chi connectivity index (χ0) is 12.7. The number of esters is 1. The van der Waals surface area contributed by atoms with Crippen LogP contribution in [0.3, 0.4) is 0 Å². The molecule has 0 aliphatic rings. The van der Waals surface area contributed by atoms with Crippen molar-refractivity contribution >= 4 is 5.97 Å². The van der Waals surface area contributed by atoms with Gasteiger partial charge in [0.25, 0.3) is 0 Å². The second-order valence-electron chi connectivity index (χ2n) is 3.66. The third kappa shape index (κ3) is 4.44. The minimum absolute atomic E-state index is 0.0878. The van der Waals surface area contributed by atoms with Crippen molar-refractivity contribution in [3.8, 4) is 5.75 Å². The number of ether oxygens (including phenoxy) is 2. The number of carbonyl (C=O) groups excluding carboxylic acids is 1. The monoisotopic (exact) mass is 238 g/mol. The fraction of sp³-hybridized carbons (Fsp3) is 0.462. The Morgan fingerprint density at radius 3 is 2.82 bits per heavy atom. The second-order valence-corrected chi connectivity index (χ2v) is 3.66. The molecule has 1 N–H and O–H groups in total. The zero-order valence-corrected chi connectivity index (χ0v) is 10.2. The highest BCUT2D eigenvalue weighted by Crippen LogP contribution is 2.17. The quantitative estimate of drug-likeness (QED) is 0.762. The summed E-state index contributed by atoms with van der Waals surface area (Å²) in [4.78, 5) is 11.1. The number of benzene rings is 1. The van der Waals surface area contributed by atoms with Crippen molar-refractivity contribution in [2.45, 2.75) is 20.3 Å². The van der Waals surface area contributed by atoms with Crippen LogP contribution in [0.2, 0.25) is 0 Å². The van der Waals surface area contributed by atoms with Crippen molar-refractivity contribution in [3.05, 3.63) is 29.3 Å². The third-order valence-electron chi connectivity index (χ3n) is 2.36. The highest BCUT2D eigenvalue weighted by molar-refractivity contribution is 5.71. The van der Waals surface area contributed by atoms with E-state index in [1.807, 2.05) is 19.1 Å². The Morgan fingerprint density at radius 2 is 2.18 bits per heavy atom. The molecule has 94 valence electrons. The summed E-state index contributed by atoms with van der Waals surface area (Å²) < 4.78 is 10.1. The average Bonchev–Trinajstić information content (AvgIpc) is 2.31. The molecule has 0 saturated heterocycles. The molecule has 0 saturated carbocycles. The highest BCUT2D eigenvalue weighted by atomic mass is 16.6. The molecule has 0 aromatic heterocycles. The number of hydrogen-bond donors (Lipinski definition) is 1. The van der Waals surface area contributed by atoms with Gasteiger partial charge >= 0.3 is 5.97 Å². The number of carbonyl (C=O) groups is 1. The zero-order valence-electron chi connectivity index (χ0n) is 10.2. The maximum Gasteiger partial charge on any atom is 0.344 e. The maximum atomic E-state index is 11.1. The van der Waals surface area contributed by atoms with E-state index in [4.69, 9.17) is 14.6 Å². The van der Waals surface area contributed by atoms with Crippen molar-refractivity contribution in [1.82, 2.24) is 0 Å². The van der Waals surface area contributed by atoms with Crippen LogP contribution in [0.1, 0.15) is 18.1 Å². The number of hydrogen-bond acceptors (Lipinski definition) is 4. The molecule has 0 aliphatic heterocycles. The van der Waals surface area contributed by atoms with Gasteiger partial charge in [0.2, 0.25) is 0 Å². The normalized spacial score (nSPS) is 10.1. The van der Waals surface area contributed by atoms with E-state index in [-0.39, 0.29) is 19.2 Å². The molecule has 17 heavy (non-hydrogen) atoms. The molecule has 4 nitrogen and oxygen atoms in total. The molecule has 0 aliphatic carbocycles. The lowest BCUT2D eigenvalue weighted by Gasteiger charge is -2.09. The number of rotatable bonds is 6. The summed E-state index contributed by atoms with van der Waals surface area (Å²) in [6.45, 7) is 4.09. The van der Waals surface area contributed by atoms with Crippen LogP contribution in [0.4, 0.5) is 0 Å². The van der Waals surface area contributed by atoms with Gasteiger partial charge < -0.3 is 14.6 Å². The van der Waals surface area contributed by atoms with E-state index in [2.05, 4.69) is 0 Å². The van der Waals surface area contributed by atoms with Gasteiger partial charge in [-0.2, -0.15) is 0 Å². The third-order valence-corrected chi connectivity index (χ3v) is 2.36. The van der Waals surface area contributed by atoms with Crippen LogP contribution >= 0.6 is 0 Å². The number of aliphatic hydroxyl groups is 1. The lowest BCUT2D eigenvalue weighted by molar-refractivity contribution is -0.145. The van der Waals surface area contributed by atoms with Gasteiger partial charge in [0, 0.05) is 6.61 Å². The molecule has 0 spiro atoms. The van der Waals surface area contributed by atoms with Crippen LogP contribution in [0.25, 0.3) is 0 Å². The predicted molar refractivity (Wildman–Crippen MR) is 64.1 cm³/mol. The molecule has 0 amide bonds. The Balaban J connectivity index is 2.59. The summed E-state index contributed by atoms with van der Waals surface area (Å²) in [7, 11) is 0. The van der Waals surface area contributed by atoms with Crippen molar-refractivity contribution < 1.29 is 19.4 Å². The van der Waals surface area contributed by atoms with Gasteiger partial charge in [-0.15, -0.1) is 0 Å². The highest BCUT2D eigenvalue weighted by Gasteiger charge is 2.05. The van der Waals surface area contributed by atoms with Gasteiger partial charge in [0.15, 0.2) is 6.61 Å². The Hall–Kier alpha value is -1.55. The van der Waals surface area contributed by atoms with Crippen LogP contribution in [-0.4, -0.2) is 30.9 Å². The largest absolute Gasteiger partial charge is 0.482 e. The van der Waals surface area contributed by atoms with Crippen molar-refractivity contribution in [2.24, 2.45) is 0 Å². The minimum atomic E-state index is -0.378. The van der Waals surface area contributed by atoms with E-state index < -0.39 is 0 Å². The molecule has 0 heterocycles. The van der Waals surface area contributed by atoms with E-state index >= 15 is 0 Å². The first-order valence-electron chi connectivity index (χ1n) is 5.66. The molecule has 0 radical (unpaired) electrons. The summed E-state index contributed by atoms with van der Waals surface area (Å²) in [6.07, 6.45) is 0.586. The van der Waals surface area contributed by atoms with E-state index in [9.17, 15) is 4.79 Å². The molecule has 1 aromatic rings. The summed E-state index contributed by atoms with van der Waals surface area (Å²) >= 11 is 0. The lowest BCUT2D eigenvalue weighted by atomic mass is 10.1. The summed E-state index contributed by atoms with van der Waals surface area (Å²) in [5.41, 5.74) is 2.12. The first kappa shape index (κ1) is 13.5. The Labute approximate surface area is 101 Å². The molecular weight excluding hydrogens is 220 g/mol. The molecule has 0 fully saturated rings. The first-order valence-corrected chi connectivity index (χ1v) is 5.66. The summed E-state index contributed by atoms with van der Waals surface area (Å²) in [5.74, 6) is 0.240. The lowest BCUT2D eigenvalue weighted by Crippen LogP contribution is -2.14. The van der Waals surface area contributed by atoms with E-state index in [1.165, 1.54) is 0 Å². The van der Waals surface area contributed by atoms with Crippen LogP contribution in [0, 0.1) is 6.92 Å². The molecular formula is C13H18O4. The molecule has 0 atom stereocenters. The van der Waals surface area contributed by atoms with Gasteiger partial charge in [-0.1, -0.05) is 6.07 Å². The first-order chi connectivity index (χ1) is 8.17. The van der Waals surface area contributed by atoms with Gasteiger partial charge in [0.05, 0.1) is 6.61 Å². The van der Waals surface area contributed by atoms with Gasteiger partial charge in [-0.3, -0.25) is 0 Å².